The van der Waals surface area contributed by atoms with Crippen molar-refractivity contribution >= 4 is 45.4 Å². The number of carbonyl (C=O) groups excluding carboxylic acids is 2. The minimum Gasteiger partial charge on any atom is -0.425 e. The molecule has 0 saturated carbocycles. The van der Waals surface area contributed by atoms with Crippen LogP contribution in [0.2, 0.25) is 0 Å². The molecular weight excluding hydrogens is 502 g/mol. The largest absolute Gasteiger partial charge is 0.425 e. The molecule has 6 atom stereocenters. The topological polar surface area (TPSA) is 201 Å². The number of imidazole rings is 1. The van der Waals surface area contributed by atoms with Crippen molar-refractivity contribution in [2.75, 3.05) is 28.8 Å². The van der Waals surface area contributed by atoms with E-state index in [4.69, 9.17) is 20.9 Å². The van der Waals surface area contributed by atoms with Gasteiger partial charge in [-0.2, -0.15) is 0 Å². The fourth-order valence-corrected chi connectivity index (χ4v) is 5.62. The number of nitrogens with two attached hydrogens (primary N) is 2. The first-order valence-corrected chi connectivity index (χ1v) is 13.5. The molecule has 3 heterocycles. The minimum absolute atomic E-state index is 0.197. The number of nitrogen functional groups attached to an aromatic ring is 1. The summed E-state index contributed by atoms with van der Waals surface area (Å²) >= 11 is 0. The number of hydrogen-bond acceptors (Lipinski definition) is 11. The third-order valence-corrected chi connectivity index (χ3v) is 7.75. The number of anilines is 2. The Balaban J connectivity index is 1.28. The van der Waals surface area contributed by atoms with Gasteiger partial charge in [0, 0.05) is 19.0 Å². The Morgan fingerprint density at radius 3 is 2.65 bits per heavy atom. The van der Waals surface area contributed by atoms with E-state index in [0.717, 1.165) is 0 Å². The van der Waals surface area contributed by atoms with E-state index in [0.29, 0.717) is 40.5 Å². The molecule has 198 valence electrons. The number of aliphatic hydroxyl groups is 2. The summed E-state index contributed by atoms with van der Waals surface area (Å²) in [7, 11) is -0.275. The minimum atomic E-state index is -1.19. The lowest BCUT2D eigenvalue weighted by molar-refractivity contribution is -0.135. The van der Waals surface area contributed by atoms with Crippen LogP contribution in [0.5, 0.6) is 5.75 Å². The number of amides is 1. The first-order chi connectivity index (χ1) is 17.6. The van der Waals surface area contributed by atoms with Gasteiger partial charge in [-0.25, -0.2) is 19.7 Å². The molecule has 14 heteroatoms. The standard InChI is InChI=1S/C23H29N7O6S/c1-12(31)29-13-3-5-14(6-4-13)35-23(34)15(24)7-8-37(2)9-16-18(32)19(33)22(36-16)30-11-28-17-20(25)26-10-27-21(17)30/h3-6,10-11,15-16,18-19,22,32-33H,7-9,24H2,1-2H3,(H2-,25,26,27,29,31)/p+1. The fraction of sp³-hybridized carbons (Fsp3) is 0.435. The van der Waals surface area contributed by atoms with Gasteiger partial charge in [0.15, 0.2) is 17.7 Å². The highest BCUT2D eigenvalue weighted by Crippen LogP contribution is 2.32. The summed E-state index contributed by atoms with van der Waals surface area (Å²) in [5.74, 6) is 0.836. The van der Waals surface area contributed by atoms with Crippen LogP contribution in [-0.2, 0) is 25.2 Å². The average Bonchev–Trinajstić information content (AvgIpc) is 3.41. The number of ether oxygens (including phenoxy) is 2. The number of fused-ring (bicyclic) bond motifs is 1. The van der Waals surface area contributed by atoms with Crippen molar-refractivity contribution in [2.45, 2.75) is 43.9 Å². The van der Waals surface area contributed by atoms with E-state index < -0.39 is 36.6 Å². The van der Waals surface area contributed by atoms with Crippen molar-refractivity contribution in [2.24, 2.45) is 5.73 Å². The molecule has 0 spiro atoms. The summed E-state index contributed by atoms with van der Waals surface area (Å²) in [6.45, 7) is 1.40. The van der Waals surface area contributed by atoms with Gasteiger partial charge in [-0.3, -0.25) is 9.36 Å². The Hall–Kier alpha value is -3.30. The summed E-state index contributed by atoms with van der Waals surface area (Å²) in [6.07, 6.45) is 1.28. The maximum Gasteiger partial charge on any atom is 0.328 e. The molecule has 1 amide bonds. The number of aromatic nitrogens is 4. The zero-order valence-corrected chi connectivity index (χ0v) is 21.2. The average molecular weight is 533 g/mol. The number of nitrogens with one attached hydrogen (secondary N) is 1. The van der Waals surface area contributed by atoms with Crippen molar-refractivity contribution in [1.82, 2.24) is 19.5 Å². The van der Waals surface area contributed by atoms with Gasteiger partial charge in [0.05, 0.1) is 12.6 Å². The molecule has 3 aromatic rings. The van der Waals surface area contributed by atoms with Crippen molar-refractivity contribution in [3.8, 4) is 5.75 Å². The lowest BCUT2D eigenvalue weighted by Crippen LogP contribution is -2.38. The number of nitrogens with zero attached hydrogens (tertiary/aromatic N) is 4. The molecule has 6 unspecified atom stereocenters. The number of aliphatic hydroxyl groups excluding tert-OH is 2. The van der Waals surface area contributed by atoms with Gasteiger partial charge in [0.1, 0.15) is 53.5 Å². The van der Waals surface area contributed by atoms with Gasteiger partial charge in [0.2, 0.25) is 5.91 Å². The monoisotopic (exact) mass is 532 g/mol. The normalized spacial score (nSPS) is 23.1. The second-order valence-corrected chi connectivity index (χ2v) is 11.1. The summed E-state index contributed by atoms with van der Waals surface area (Å²) < 4.78 is 12.9. The van der Waals surface area contributed by atoms with E-state index in [9.17, 15) is 19.8 Å². The van der Waals surface area contributed by atoms with Crippen LogP contribution in [0.4, 0.5) is 11.5 Å². The van der Waals surface area contributed by atoms with Crippen LogP contribution in [0.15, 0.2) is 36.9 Å². The highest BCUT2D eigenvalue weighted by atomic mass is 32.2. The summed E-state index contributed by atoms with van der Waals surface area (Å²) in [5, 5.41) is 23.9. The smallest absolute Gasteiger partial charge is 0.328 e. The molecule has 7 N–H and O–H groups in total. The lowest BCUT2D eigenvalue weighted by atomic mass is 10.1. The molecule has 0 aliphatic carbocycles. The second kappa shape index (κ2) is 11.4. The zero-order chi connectivity index (χ0) is 26.7. The van der Waals surface area contributed by atoms with E-state index in [1.165, 1.54) is 24.1 Å². The zero-order valence-electron chi connectivity index (χ0n) is 20.4. The maximum atomic E-state index is 12.4. The van der Waals surface area contributed by atoms with Gasteiger partial charge in [0.25, 0.3) is 0 Å². The quantitative estimate of drug-likeness (QED) is 0.136. The van der Waals surface area contributed by atoms with Gasteiger partial charge < -0.3 is 36.5 Å². The highest BCUT2D eigenvalue weighted by molar-refractivity contribution is 7.96. The van der Waals surface area contributed by atoms with Gasteiger partial charge in [-0.1, -0.05) is 0 Å². The Bertz CT molecular complexity index is 1260. The Morgan fingerprint density at radius 2 is 1.95 bits per heavy atom. The van der Waals surface area contributed by atoms with Gasteiger partial charge >= 0.3 is 5.97 Å². The number of carbonyl (C=O) groups is 2. The molecule has 2 aromatic heterocycles. The molecule has 37 heavy (non-hydrogen) atoms. The van der Waals surface area contributed by atoms with Crippen LogP contribution in [0.25, 0.3) is 11.2 Å². The van der Waals surface area contributed by atoms with Crippen LogP contribution in [-0.4, -0.2) is 83.7 Å². The van der Waals surface area contributed by atoms with Gasteiger partial charge in [-0.05, 0) is 35.2 Å². The Morgan fingerprint density at radius 1 is 1.22 bits per heavy atom. The number of esters is 1. The summed E-state index contributed by atoms with van der Waals surface area (Å²) in [5.41, 5.74) is 13.2. The first kappa shape index (κ1) is 26.8. The molecule has 4 rings (SSSR count). The second-order valence-electron chi connectivity index (χ2n) is 8.80. The SMILES string of the molecule is CC(=O)Nc1ccc(OC(=O)C(N)CC[S+](C)CC2OC(n3cnc4c(N)ncnc43)C(O)C2O)cc1. The third kappa shape index (κ3) is 6.17. The predicted molar refractivity (Wildman–Crippen MR) is 138 cm³/mol. The maximum absolute atomic E-state index is 12.4. The number of rotatable bonds is 9. The first-order valence-electron chi connectivity index (χ1n) is 11.5. The Kier molecular flexibility index (Phi) is 8.24. The van der Waals surface area contributed by atoms with Crippen LogP contribution in [0, 0.1) is 0 Å². The molecular formula is C23H30N7O6S+. The number of hydrogen-bond donors (Lipinski definition) is 5. The number of benzene rings is 1. The van der Waals surface area contributed by atoms with E-state index in [1.807, 2.05) is 6.26 Å². The van der Waals surface area contributed by atoms with Crippen LogP contribution in [0.3, 0.4) is 0 Å². The predicted octanol–water partition coefficient (Wildman–Crippen LogP) is -0.443. The van der Waals surface area contributed by atoms with Crippen molar-refractivity contribution < 1.29 is 29.3 Å². The molecule has 1 aliphatic rings. The Labute approximate surface area is 215 Å². The van der Waals surface area contributed by atoms with E-state index in [1.54, 1.807) is 24.3 Å². The van der Waals surface area contributed by atoms with E-state index in [2.05, 4.69) is 20.3 Å². The molecule has 1 aliphatic heterocycles. The van der Waals surface area contributed by atoms with Crippen molar-refractivity contribution in [3.05, 3.63) is 36.9 Å². The van der Waals surface area contributed by atoms with E-state index in [-0.39, 0.29) is 22.6 Å². The fourth-order valence-electron chi connectivity index (χ4n) is 3.96. The molecule has 0 radical (unpaired) electrons. The third-order valence-electron chi connectivity index (χ3n) is 5.92. The van der Waals surface area contributed by atoms with Crippen molar-refractivity contribution in [3.63, 3.8) is 0 Å². The van der Waals surface area contributed by atoms with Crippen LogP contribution in [0.1, 0.15) is 19.6 Å². The molecule has 1 saturated heterocycles. The van der Waals surface area contributed by atoms with Crippen LogP contribution >= 0.6 is 0 Å². The van der Waals surface area contributed by atoms with Crippen LogP contribution < -0.4 is 21.5 Å². The molecule has 1 fully saturated rings. The van der Waals surface area contributed by atoms with Crippen molar-refractivity contribution in [1.29, 1.82) is 0 Å². The van der Waals surface area contributed by atoms with Gasteiger partial charge in [-0.15, -0.1) is 0 Å². The van der Waals surface area contributed by atoms with E-state index >= 15 is 0 Å². The summed E-state index contributed by atoms with van der Waals surface area (Å²) in [4.78, 5) is 35.8. The lowest BCUT2D eigenvalue weighted by Gasteiger charge is -2.16. The molecule has 1 aromatic carbocycles. The highest BCUT2D eigenvalue weighted by Gasteiger charge is 2.46. The summed E-state index contributed by atoms with van der Waals surface area (Å²) in [6, 6.07) is 5.57. The molecule has 0 bridgehead atoms. The molecule has 13 nitrogen and oxygen atoms in total.